The molecule has 27 heavy (non-hydrogen) atoms. The predicted molar refractivity (Wildman–Crippen MR) is 102 cm³/mol. The standard InChI is InChI=1S/C18H25N5O3S/c1-22(2)27(25,26)23-13-18(14-23,12-15-6-4-3-5-7-15)17(24)21-9-8-16-19-10-11-20-16/h3-7,10-11H,8-9,12-14H2,1-2H3,(H,19,20)(H,21,24). The highest BCUT2D eigenvalue weighted by Crippen LogP contribution is 2.37. The van der Waals surface area contributed by atoms with Gasteiger partial charge in [-0.25, -0.2) is 4.98 Å². The molecule has 0 saturated carbocycles. The molecule has 1 fully saturated rings. The number of aromatic nitrogens is 2. The number of nitrogens with one attached hydrogen (secondary N) is 2. The summed E-state index contributed by atoms with van der Waals surface area (Å²) in [7, 11) is -0.529. The Balaban J connectivity index is 1.70. The minimum atomic E-state index is -3.52. The molecule has 1 aromatic heterocycles. The topological polar surface area (TPSA) is 98.4 Å². The first-order valence-electron chi connectivity index (χ1n) is 8.82. The Morgan fingerprint density at radius 1 is 1.30 bits per heavy atom. The van der Waals surface area contributed by atoms with Gasteiger partial charge < -0.3 is 10.3 Å². The molecule has 1 aliphatic heterocycles. The summed E-state index contributed by atoms with van der Waals surface area (Å²) in [4.78, 5) is 20.1. The number of hydrogen-bond donors (Lipinski definition) is 2. The van der Waals surface area contributed by atoms with Crippen LogP contribution in [0, 0.1) is 5.41 Å². The second-order valence-electron chi connectivity index (χ2n) is 7.04. The fourth-order valence-electron chi connectivity index (χ4n) is 3.26. The van der Waals surface area contributed by atoms with E-state index in [1.165, 1.54) is 22.7 Å². The number of nitrogens with zero attached hydrogens (tertiary/aromatic N) is 3. The van der Waals surface area contributed by atoms with Crippen LogP contribution in [0.1, 0.15) is 11.4 Å². The third kappa shape index (κ3) is 4.20. The Morgan fingerprint density at radius 2 is 2.00 bits per heavy atom. The van der Waals surface area contributed by atoms with Crippen molar-refractivity contribution >= 4 is 16.1 Å². The first-order valence-corrected chi connectivity index (χ1v) is 10.2. The number of carbonyl (C=O) groups excluding carboxylic acids is 1. The van der Waals surface area contributed by atoms with Crippen molar-refractivity contribution in [3.8, 4) is 0 Å². The van der Waals surface area contributed by atoms with Crippen LogP contribution < -0.4 is 5.32 Å². The predicted octanol–water partition coefficient (Wildman–Crippen LogP) is 0.420. The summed E-state index contributed by atoms with van der Waals surface area (Å²) in [6, 6.07) is 9.68. The van der Waals surface area contributed by atoms with Crippen LogP contribution in [0.4, 0.5) is 0 Å². The number of benzene rings is 1. The molecule has 0 spiro atoms. The van der Waals surface area contributed by atoms with Crippen molar-refractivity contribution in [3.63, 3.8) is 0 Å². The monoisotopic (exact) mass is 391 g/mol. The molecule has 0 unspecified atom stereocenters. The Kier molecular flexibility index (Phi) is 5.64. The highest BCUT2D eigenvalue weighted by molar-refractivity contribution is 7.86. The molecule has 3 rings (SSSR count). The molecule has 1 saturated heterocycles. The zero-order valence-corrected chi connectivity index (χ0v) is 16.4. The average molecular weight is 391 g/mol. The molecule has 1 aliphatic rings. The molecular weight excluding hydrogens is 366 g/mol. The van der Waals surface area contributed by atoms with E-state index < -0.39 is 15.6 Å². The van der Waals surface area contributed by atoms with E-state index >= 15 is 0 Å². The molecule has 8 nitrogen and oxygen atoms in total. The second kappa shape index (κ2) is 7.79. The number of aromatic amines is 1. The van der Waals surface area contributed by atoms with Gasteiger partial charge in [0.2, 0.25) is 5.91 Å². The van der Waals surface area contributed by atoms with Crippen LogP contribution in [0.25, 0.3) is 0 Å². The van der Waals surface area contributed by atoms with Gasteiger partial charge in [-0.15, -0.1) is 0 Å². The lowest BCUT2D eigenvalue weighted by atomic mass is 9.75. The Bertz CT molecular complexity index is 860. The van der Waals surface area contributed by atoms with E-state index in [2.05, 4.69) is 15.3 Å². The summed E-state index contributed by atoms with van der Waals surface area (Å²) in [6.07, 6.45) is 4.51. The lowest BCUT2D eigenvalue weighted by Gasteiger charge is -2.48. The van der Waals surface area contributed by atoms with Crippen LogP contribution in [-0.4, -0.2) is 66.6 Å². The summed E-state index contributed by atoms with van der Waals surface area (Å²) >= 11 is 0. The highest BCUT2D eigenvalue weighted by Gasteiger charge is 2.53. The third-order valence-corrected chi connectivity index (χ3v) is 6.65. The molecule has 0 atom stereocenters. The van der Waals surface area contributed by atoms with E-state index in [4.69, 9.17) is 0 Å². The third-order valence-electron chi connectivity index (χ3n) is 4.81. The summed E-state index contributed by atoms with van der Waals surface area (Å²) in [5.41, 5.74) is 0.258. The minimum Gasteiger partial charge on any atom is -0.355 e. The second-order valence-corrected chi connectivity index (χ2v) is 9.19. The molecule has 0 radical (unpaired) electrons. The molecule has 2 aromatic rings. The van der Waals surface area contributed by atoms with Crippen molar-refractivity contribution in [2.45, 2.75) is 12.8 Å². The zero-order valence-electron chi connectivity index (χ0n) is 15.6. The van der Waals surface area contributed by atoms with E-state index in [9.17, 15) is 13.2 Å². The first kappa shape index (κ1) is 19.5. The van der Waals surface area contributed by atoms with Gasteiger partial charge in [0.1, 0.15) is 5.82 Å². The van der Waals surface area contributed by atoms with Gasteiger partial charge in [0.15, 0.2) is 0 Å². The number of hydrogen-bond acceptors (Lipinski definition) is 4. The van der Waals surface area contributed by atoms with Crippen molar-refractivity contribution in [1.82, 2.24) is 23.9 Å². The normalized spacial score (nSPS) is 16.9. The molecule has 2 heterocycles. The van der Waals surface area contributed by atoms with Crippen molar-refractivity contribution in [1.29, 1.82) is 0 Å². The maximum absolute atomic E-state index is 12.9. The van der Waals surface area contributed by atoms with Crippen molar-refractivity contribution in [3.05, 3.63) is 54.1 Å². The largest absolute Gasteiger partial charge is 0.355 e. The molecule has 9 heteroatoms. The average Bonchev–Trinajstić information content (AvgIpc) is 3.11. The van der Waals surface area contributed by atoms with Gasteiger partial charge in [0.05, 0.1) is 5.41 Å². The molecule has 146 valence electrons. The Labute approximate surface area is 159 Å². The van der Waals surface area contributed by atoms with Gasteiger partial charge in [0, 0.05) is 52.5 Å². The molecule has 0 aliphatic carbocycles. The SMILES string of the molecule is CN(C)S(=O)(=O)N1CC(Cc2ccccc2)(C(=O)NCCc2ncc[nH]2)C1. The zero-order chi connectivity index (χ0) is 19.5. The van der Waals surface area contributed by atoms with Gasteiger partial charge >= 0.3 is 0 Å². The number of imidazole rings is 1. The number of amides is 1. The molecular formula is C18H25N5O3S. The van der Waals surface area contributed by atoms with E-state index in [1.807, 2.05) is 30.3 Å². The number of rotatable bonds is 8. The maximum Gasteiger partial charge on any atom is 0.281 e. The quantitative estimate of drug-likeness (QED) is 0.681. The summed E-state index contributed by atoms with van der Waals surface area (Å²) in [5, 5.41) is 2.95. The Morgan fingerprint density at radius 3 is 2.59 bits per heavy atom. The van der Waals surface area contributed by atoms with Crippen LogP contribution in [0.2, 0.25) is 0 Å². The number of carbonyl (C=O) groups is 1. The van der Waals surface area contributed by atoms with Gasteiger partial charge in [-0.1, -0.05) is 30.3 Å². The van der Waals surface area contributed by atoms with E-state index in [0.717, 1.165) is 11.4 Å². The Hall–Kier alpha value is -2.23. The summed E-state index contributed by atoms with van der Waals surface area (Å²) < 4.78 is 27.2. The summed E-state index contributed by atoms with van der Waals surface area (Å²) in [6.45, 7) is 0.799. The first-order chi connectivity index (χ1) is 12.8. The molecule has 2 N–H and O–H groups in total. The van der Waals surface area contributed by atoms with Crippen LogP contribution >= 0.6 is 0 Å². The molecule has 1 aromatic carbocycles. The van der Waals surface area contributed by atoms with Crippen molar-refractivity contribution in [2.24, 2.45) is 5.41 Å². The molecule has 1 amide bonds. The van der Waals surface area contributed by atoms with Gasteiger partial charge in [-0.3, -0.25) is 4.79 Å². The maximum atomic E-state index is 12.9. The minimum absolute atomic E-state index is 0.122. The smallest absolute Gasteiger partial charge is 0.281 e. The van der Waals surface area contributed by atoms with Gasteiger partial charge in [-0.2, -0.15) is 17.0 Å². The van der Waals surface area contributed by atoms with E-state index in [-0.39, 0.29) is 19.0 Å². The van der Waals surface area contributed by atoms with Gasteiger partial charge in [-0.05, 0) is 12.0 Å². The van der Waals surface area contributed by atoms with Gasteiger partial charge in [0.25, 0.3) is 10.2 Å². The highest BCUT2D eigenvalue weighted by atomic mass is 32.2. The van der Waals surface area contributed by atoms with E-state index in [1.54, 1.807) is 12.4 Å². The lowest BCUT2D eigenvalue weighted by molar-refractivity contribution is -0.137. The van der Waals surface area contributed by atoms with Crippen LogP contribution in [0.3, 0.4) is 0 Å². The van der Waals surface area contributed by atoms with E-state index in [0.29, 0.717) is 19.4 Å². The fourth-order valence-corrected chi connectivity index (χ4v) is 4.54. The molecule has 0 bridgehead atoms. The summed E-state index contributed by atoms with van der Waals surface area (Å²) in [5.74, 6) is 0.681. The fraction of sp³-hybridized carbons (Fsp3) is 0.444. The number of H-pyrrole nitrogens is 1. The van der Waals surface area contributed by atoms with Crippen LogP contribution in [-0.2, 0) is 27.8 Å². The van der Waals surface area contributed by atoms with Crippen LogP contribution in [0.15, 0.2) is 42.7 Å². The van der Waals surface area contributed by atoms with Crippen LogP contribution in [0.5, 0.6) is 0 Å². The van der Waals surface area contributed by atoms with Crippen molar-refractivity contribution in [2.75, 3.05) is 33.7 Å². The lowest BCUT2D eigenvalue weighted by Crippen LogP contribution is -2.66. The van der Waals surface area contributed by atoms with Crippen molar-refractivity contribution < 1.29 is 13.2 Å².